The summed E-state index contributed by atoms with van der Waals surface area (Å²) < 4.78 is 17.6. The molecule has 0 saturated carbocycles. The Bertz CT molecular complexity index is 1460. The molecule has 47 heavy (non-hydrogen) atoms. The quantitative estimate of drug-likeness (QED) is 0.280. The minimum atomic E-state index is 0.230. The number of nitrogens with zero attached hydrogens (tertiary/aromatic N) is 4. The molecule has 0 amide bonds. The highest BCUT2D eigenvalue weighted by Gasteiger charge is 2.16. The first-order valence-electron chi connectivity index (χ1n) is 16.5. The molecule has 2 aromatic heterocycles. The van der Waals surface area contributed by atoms with Crippen molar-refractivity contribution in [1.82, 2.24) is 19.8 Å². The van der Waals surface area contributed by atoms with Crippen molar-refractivity contribution >= 4 is 45.3 Å². The number of pyridine rings is 2. The van der Waals surface area contributed by atoms with Gasteiger partial charge in [-0.25, -0.2) is 0 Å². The maximum atomic E-state index is 11.0. The molecule has 2 N–H and O–H groups in total. The van der Waals surface area contributed by atoms with Gasteiger partial charge in [-0.2, -0.15) is 23.5 Å². The highest BCUT2D eigenvalue weighted by Crippen LogP contribution is 2.31. The maximum absolute atomic E-state index is 11.0. The number of phenolic OH excluding ortho intramolecular Hbond substituents is 2. The Hall–Kier alpha value is -2.64. The molecular weight excluding hydrogens is 633 g/mol. The molecule has 1 saturated heterocycles. The molecule has 9 nitrogen and oxygen atoms in total. The Kier molecular flexibility index (Phi) is 14.3. The summed E-state index contributed by atoms with van der Waals surface area (Å²) in [6, 6.07) is 11.8. The fraction of sp³-hybridized carbons (Fsp3) is 0.500. The van der Waals surface area contributed by atoms with Crippen LogP contribution in [0.2, 0.25) is 0 Å². The standard InChI is InChI=1S/C36H48N4O5S2/c1-27-23-30(36(42)35-31(27)5-3-8-38-35)26-40-10-14-44-16-18-45-17-15-43-13-9-39(11-19-46-21-22-47-20-12-40)25-29-24-33(41)34-32(28(29)2)6-4-7-37-34/h3-8,23-24,41-42H,9-22,25-26H2,1-2H3. The summed E-state index contributed by atoms with van der Waals surface area (Å²) in [5.41, 5.74) is 5.61. The van der Waals surface area contributed by atoms with E-state index < -0.39 is 0 Å². The van der Waals surface area contributed by atoms with Crippen LogP contribution in [0.3, 0.4) is 0 Å². The Labute approximate surface area is 287 Å². The van der Waals surface area contributed by atoms with Crippen LogP contribution in [-0.2, 0) is 27.3 Å². The number of thioether (sulfide) groups is 2. The van der Waals surface area contributed by atoms with Crippen LogP contribution in [0.4, 0.5) is 0 Å². The van der Waals surface area contributed by atoms with Gasteiger partial charge in [0.05, 0.1) is 39.6 Å². The predicted octanol–water partition coefficient (Wildman–Crippen LogP) is 5.65. The van der Waals surface area contributed by atoms with Crippen molar-refractivity contribution < 1.29 is 24.4 Å². The van der Waals surface area contributed by atoms with Crippen LogP contribution in [0.5, 0.6) is 11.5 Å². The number of phenols is 2. The highest BCUT2D eigenvalue weighted by atomic mass is 32.2. The topological polar surface area (TPSA) is 100 Å². The van der Waals surface area contributed by atoms with E-state index in [4.69, 9.17) is 14.2 Å². The number of aromatic nitrogens is 2. The van der Waals surface area contributed by atoms with Crippen molar-refractivity contribution in [3.05, 3.63) is 71.0 Å². The van der Waals surface area contributed by atoms with E-state index in [0.717, 1.165) is 88.8 Å². The van der Waals surface area contributed by atoms with Gasteiger partial charge in [-0.15, -0.1) is 0 Å². The second-order valence-corrected chi connectivity index (χ2v) is 14.2. The van der Waals surface area contributed by atoms with Crippen molar-refractivity contribution in [3.8, 4) is 11.5 Å². The van der Waals surface area contributed by atoms with Crippen molar-refractivity contribution in [2.75, 3.05) is 88.8 Å². The third kappa shape index (κ3) is 10.4. The van der Waals surface area contributed by atoms with Crippen LogP contribution < -0.4 is 0 Å². The second kappa shape index (κ2) is 18.8. The lowest BCUT2D eigenvalue weighted by Gasteiger charge is -2.24. The Morgan fingerprint density at radius 1 is 0.660 bits per heavy atom. The fourth-order valence-electron chi connectivity index (χ4n) is 5.84. The number of hydrogen-bond donors (Lipinski definition) is 2. The van der Waals surface area contributed by atoms with E-state index >= 15 is 0 Å². The van der Waals surface area contributed by atoms with Crippen LogP contribution in [0.25, 0.3) is 21.8 Å². The third-order valence-corrected chi connectivity index (χ3v) is 10.7. The van der Waals surface area contributed by atoms with Gasteiger partial charge in [0.2, 0.25) is 0 Å². The van der Waals surface area contributed by atoms with Crippen LogP contribution in [-0.4, -0.2) is 119 Å². The molecule has 1 fully saturated rings. The van der Waals surface area contributed by atoms with Crippen LogP contribution in [0.1, 0.15) is 22.3 Å². The van der Waals surface area contributed by atoms with Gasteiger partial charge in [-0.3, -0.25) is 19.8 Å². The molecule has 0 radical (unpaired) electrons. The van der Waals surface area contributed by atoms with E-state index in [-0.39, 0.29) is 11.5 Å². The predicted molar refractivity (Wildman–Crippen MR) is 194 cm³/mol. The average Bonchev–Trinajstić information content (AvgIpc) is 3.08. The molecule has 0 bridgehead atoms. The van der Waals surface area contributed by atoms with Gasteiger partial charge in [0, 0.05) is 91.0 Å². The molecule has 0 unspecified atom stereocenters. The molecule has 0 aliphatic carbocycles. The van der Waals surface area contributed by atoms with Crippen LogP contribution in [0.15, 0.2) is 48.8 Å². The zero-order chi connectivity index (χ0) is 32.8. The smallest absolute Gasteiger partial charge is 0.146 e. The summed E-state index contributed by atoms with van der Waals surface area (Å²) >= 11 is 3.95. The number of aryl methyl sites for hydroxylation is 2. The SMILES string of the molecule is Cc1cc(CN2CCOCCOCCOCCN(Cc3cc(O)c4ncccc4c3C)CCSCCSCC2)c(O)c2ncccc12. The molecule has 5 rings (SSSR count). The summed E-state index contributed by atoms with van der Waals surface area (Å²) in [7, 11) is 0. The van der Waals surface area contributed by atoms with Gasteiger partial charge in [0.25, 0.3) is 0 Å². The first kappa shape index (κ1) is 35.7. The van der Waals surface area contributed by atoms with Gasteiger partial charge in [-0.05, 0) is 48.7 Å². The molecule has 11 heteroatoms. The van der Waals surface area contributed by atoms with Crippen molar-refractivity contribution in [3.63, 3.8) is 0 Å². The lowest BCUT2D eigenvalue weighted by atomic mass is 10.0. The highest BCUT2D eigenvalue weighted by molar-refractivity contribution is 8.02. The minimum Gasteiger partial charge on any atom is -0.506 e. The summed E-state index contributed by atoms with van der Waals surface area (Å²) in [6.07, 6.45) is 3.45. The average molecular weight is 681 g/mol. The van der Waals surface area contributed by atoms with Crippen LogP contribution >= 0.6 is 23.5 Å². The van der Waals surface area contributed by atoms with Gasteiger partial charge in [-0.1, -0.05) is 18.2 Å². The number of rotatable bonds is 4. The molecular formula is C36H48N4O5S2. The summed E-state index contributed by atoms with van der Waals surface area (Å²) in [5.74, 6) is 4.72. The van der Waals surface area contributed by atoms with Gasteiger partial charge >= 0.3 is 0 Å². The normalized spacial score (nSPS) is 18.3. The van der Waals surface area contributed by atoms with Crippen molar-refractivity contribution in [2.24, 2.45) is 0 Å². The van der Waals surface area contributed by atoms with E-state index in [1.807, 2.05) is 53.9 Å². The van der Waals surface area contributed by atoms with Crippen LogP contribution in [0, 0.1) is 13.8 Å². The summed E-state index contributed by atoms with van der Waals surface area (Å²) in [5, 5.41) is 23.7. The molecule has 0 atom stereocenters. The Morgan fingerprint density at radius 2 is 1.21 bits per heavy atom. The lowest BCUT2D eigenvalue weighted by molar-refractivity contribution is 0.00695. The number of fused-ring (bicyclic) bond motifs is 2. The zero-order valence-electron chi connectivity index (χ0n) is 27.7. The first-order valence-corrected chi connectivity index (χ1v) is 18.8. The second-order valence-electron chi connectivity index (χ2n) is 11.8. The van der Waals surface area contributed by atoms with Gasteiger partial charge < -0.3 is 24.4 Å². The maximum Gasteiger partial charge on any atom is 0.146 e. The number of hydrogen-bond acceptors (Lipinski definition) is 11. The summed E-state index contributed by atoms with van der Waals surface area (Å²) in [4.78, 5) is 13.6. The summed E-state index contributed by atoms with van der Waals surface area (Å²) in [6.45, 7) is 12.4. The first-order chi connectivity index (χ1) is 23.0. The zero-order valence-corrected chi connectivity index (χ0v) is 29.3. The van der Waals surface area contributed by atoms with E-state index in [0.29, 0.717) is 57.2 Å². The van der Waals surface area contributed by atoms with E-state index in [1.165, 1.54) is 0 Å². The van der Waals surface area contributed by atoms with Crippen molar-refractivity contribution in [2.45, 2.75) is 26.9 Å². The molecule has 254 valence electrons. The van der Waals surface area contributed by atoms with Gasteiger partial charge in [0.15, 0.2) is 0 Å². The van der Waals surface area contributed by atoms with E-state index in [9.17, 15) is 10.2 Å². The molecule has 1 aliphatic heterocycles. The molecule has 4 aromatic rings. The minimum absolute atomic E-state index is 0.230. The Balaban J connectivity index is 1.16. The van der Waals surface area contributed by atoms with Gasteiger partial charge in [0.1, 0.15) is 22.5 Å². The third-order valence-electron chi connectivity index (χ3n) is 8.51. The monoisotopic (exact) mass is 680 g/mol. The van der Waals surface area contributed by atoms with E-state index in [1.54, 1.807) is 12.4 Å². The lowest BCUT2D eigenvalue weighted by Crippen LogP contribution is -2.30. The van der Waals surface area contributed by atoms with Crippen molar-refractivity contribution in [1.29, 1.82) is 0 Å². The number of aromatic hydroxyl groups is 2. The number of benzene rings is 2. The largest absolute Gasteiger partial charge is 0.506 e. The molecule has 1 aliphatic rings. The fourth-order valence-corrected chi connectivity index (χ4v) is 7.97. The number of ether oxygens (including phenoxy) is 3. The molecule has 0 spiro atoms. The van der Waals surface area contributed by atoms with E-state index in [2.05, 4.69) is 39.7 Å². The molecule has 2 aromatic carbocycles. The Morgan fingerprint density at radius 3 is 1.85 bits per heavy atom. The molecule has 3 heterocycles.